The van der Waals surface area contributed by atoms with Crippen molar-refractivity contribution in [1.82, 2.24) is 9.38 Å². The fraction of sp³-hybridized carbons (Fsp3) is 0.0714. The zero-order chi connectivity index (χ0) is 14.1. The topological polar surface area (TPSA) is 26.5 Å². The van der Waals surface area contributed by atoms with Crippen molar-refractivity contribution in [2.24, 2.45) is 0 Å². The lowest BCUT2D eigenvalue weighted by Crippen LogP contribution is -1.92. The largest absolute Gasteiger partial charge is 0.437 e. The molecule has 3 nitrogen and oxygen atoms in total. The molecule has 1 aromatic carbocycles. The summed E-state index contributed by atoms with van der Waals surface area (Å²) in [7, 11) is 0. The summed E-state index contributed by atoms with van der Waals surface area (Å²) in [5.74, 6) is 0.617. The van der Waals surface area contributed by atoms with Gasteiger partial charge in [-0.1, -0.05) is 6.07 Å². The molecule has 0 amide bonds. The maximum Gasteiger partial charge on any atom is 0.242 e. The number of rotatable bonds is 3. The third-order valence-electron chi connectivity index (χ3n) is 2.82. The standard InChI is InChI=1S/C14H9BrClFN2O/c15-10-5-4-9(7-11(10)17)20-14-12(8-16)19-6-2-1-3-13(19)18-14/h1-7H,8H2. The van der Waals surface area contributed by atoms with Crippen molar-refractivity contribution in [2.45, 2.75) is 5.88 Å². The minimum absolute atomic E-state index is 0.250. The number of pyridine rings is 1. The van der Waals surface area contributed by atoms with Gasteiger partial charge in [-0.25, -0.2) is 4.39 Å². The predicted molar refractivity (Wildman–Crippen MR) is 78.9 cm³/mol. The van der Waals surface area contributed by atoms with Crippen LogP contribution in [-0.4, -0.2) is 9.38 Å². The molecule has 0 N–H and O–H groups in total. The van der Waals surface area contributed by atoms with E-state index in [-0.39, 0.29) is 5.88 Å². The van der Waals surface area contributed by atoms with Crippen LogP contribution in [0.2, 0.25) is 0 Å². The number of benzene rings is 1. The number of aromatic nitrogens is 2. The Morgan fingerprint density at radius 1 is 1.30 bits per heavy atom. The molecule has 0 unspecified atom stereocenters. The molecule has 0 saturated carbocycles. The van der Waals surface area contributed by atoms with Gasteiger partial charge in [0.1, 0.15) is 22.9 Å². The van der Waals surface area contributed by atoms with Gasteiger partial charge in [-0.05, 0) is 40.2 Å². The Labute approximate surface area is 128 Å². The molecule has 3 rings (SSSR count). The van der Waals surface area contributed by atoms with Crippen LogP contribution < -0.4 is 4.74 Å². The lowest BCUT2D eigenvalue weighted by atomic mass is 10.3. The third-order valence-corrected chi connectivity index (χ3v) is 3.72. The second-order valence-corrected chi connectivity index (χ2v) is 5.23. The predicted octanol–water partition coefficient (Wildman–Crippen LogP) is 4.77. The minimum Gasteiger partial charge on any atom is -0.437 e. The number of ether oxygens (including phenoxy) is 1. The molecule has 0 spiro atoms. The molecule has 0 atom stereocenters. The average molecular weight is 356 g/mol. The molecule has 0 fully saturated rings. The molecule has 0 bridgehead atoms. The van der Waals surface area contributed by atoms with Crippen molar-refractivity contribution in [3.05, 3.63) is 58.6 Å². The summed E-state index contributed by atoms with van der Waals surface area (Å²) in [5, 5.41) is 0. The van der Waals surface area contributed by atoms with Crippen LogP contribution in [0.4, 0.5) is 4.39 Å². The number of alkyl halides is 1. The van der Waals surface area contributed by atoms with E-state index < -0.39 is 5.82 Å². The maximum atomic E-state index is 13.5. The molecule has 2 aromatic heterocycles. The molecule has 0 aliphatic rings. The van der Waals surface area contributed by atoms with Gasteiger partial charge < -0.3 is 4.74 Å². The van der Waals surface area contributed by atoms with Crippen LogP contribution in [0.5, 0.6) is 11.6 Å². The van der Waals surface area contributed by atoms with Crippen molar-refractivity contribution in [1.29, 1.82) is 0 Å². The van der Waals surface area contributed by atoms with E-state index in [9.17, 15) is 4.39 Å². The lowest BCUT2D eigenvalue weighted by Gasteiger charge is -2.05. The maximum absolute atomic E-state index is 13.5. The molecule has 2 heterocycles. The van der Waals surface area contributed by atoms with Crippen LogP contribution in [0.15, 0.2) is 47.1 Å². The molecule has 0 radical (unpaired) electrons. The fourth-order valence-corrected chi connectivity index (χ4v) is 2.37. The van der Waals surface area contributed by atoms with Crippen molar-refractivity contribution < 1.29 is 9.13 Å². The van der Waals surface area contributed by atoms with Gasteiger partial charge in [0.2, 0.25) is 5.88 Å². The Bertz CT molecular complexity index is 775. The van der Waals surface area contributed by atoms with Gasteiger partial charge in [-0.3, -0.25) is 4.40 Å². The summed E-state index contributed by atoms with van der Waals surface area (Å²) in [6.45, 7) is 0. The van der Waals surface area contributed by atoms with Crippen molar-refractivity contribution in [2.75, 3.05) is 0 Å². The summed E-state index contributed by atoms with van der Waals surface area (Å²) >= 11 is 9.05. The highest BCUT2D eigenvalue weighted by molar-refractivity contribution is 9.10. The molecule has 20 heavy (non-hydrogen) atoms. The minimum atomic E-state index is -0.390. The van der Waals surface area contributed by atoms with E-state index in [2.05, 4.69) is 20.9 Å². The van der Waals surface area contributed by atoms with Crippen LogP contribution in [0, 0.1) is 5.82 Å². The summed E-state index contributed by atoms with van der Waals surface area (Å²) in [5.41, 5.74) is 1.46. The van der Waals surface area contributed by atoms with Crippen LogP contribution >= 0.6 is 27.5 Å². The first-order valence-electron chi connectivity index (χ1n) is 5.84. The first kappa shape index (κ1) is 13.4. The molecular weight excluding hydrogens is 347 g/mol. The smallest absolute Gasteiger partial charge is 0.242 e. The van der Waals surface area contributed by atoms with E-state index in [0.29, 0.717) is 16.1 Å². The van der Waals surface area contributed by atoms with Crippen molar-refractivity contribution in [3.8, 4) is 11.6 Å². The Morgan fingerprint density at radius 2 is 2.15 bits per heavy atom. The lowest BCUT2D eigenvalue weighted by molar-refractivity contribution is 0.456. The van der Waals surface area contributed by atoms with E-state index in [1.807, 2.05) is 28.8 Å². The van der Waals surface area contributed by atoms with E-state index in [4.69, 9.17) is 16.3 Å². The molecule has 0 aliphatic heterocycles. The van der Waals surface area contributed by atoms with Crippen LogP contribution in [0.3, 0.4) is 0 Å². The van der Waals surface area contributed by atoms with Gasteiger partial charge >= 0.3 is 0 Å². The first-order chi connectivity index (χ1) is 9.69. The molecule has 0 saturated heterocycles. The van der Waals surface area contributed by atoms with Crippen molar-refractivity contribution >= 4 is 33.2 Å². The normalized spacial score (nSPS) is 10.9. The molecule has 0 aliphatic carbocycles. The summed E-state index contributed by atoms with van der Waals surface area (Å²) in [6, 6.07) is 10.2. The van der Waals surface area contributed by atoms with Gasteiger partial charge in [0.15, 0.2) is 0 Å². The van der Waals surface area contributed by atoms with E-state index >= 15 is 0 Å². The van der Waals surface area contributed by atoms with Gasteiger partial charge in [-0.2, -0.15) is 4.98 Å². The van der Waals surface area contributed by atoms with E-state index in [1.165, 1.54) is 6.07 Å². The monoisotopic (exact) mass is 354 g/mol. The Hall–Kier alpha value is -1.59. The van der Waals surface area contributed by atoms with Gasteiger partial charge in [-0.15, -0.1) is 11.6 Å². The van der Waals surface area contributed by atoms with E-state index in [1.54, 1.807) is 12.1 Å². The zero-order valence-corrected chi connectivity index (χ0v) is 12.5. The number of halogens is 3. The van der Waals surface area contributed by atoms with Crippen molar-refractivity contribution in [3.63, 3.8) is 0 Å². The molecule has 6 heteroatoms. The fourth-order valence-electron chi connectivity index (χ4n) is 1.88. The third kappa shape index (κ3) is 2.39. The quantitative estimate of drug-likeness (QED) is 0.633. The Morgan fingerprint density at radius 3 is 2.90 bits per heavy atom. The first-order valence-corrected chi connectivity index (χ1v) is 7.16. The van der Waals surface area contributed by atoms with Crippen LogP contribution in [0.25, 0.3) is 5.65 Å². The van der Waals surface area contributed by atoms with E-state index in [0.717, 1.165) is 11.3 Å². The number of imidazole rings is 1. The molecule has 3 aromatic rings. The summed E-state index contributed by atoms with van der Waals surface area (Å²) in [4.78, 5) is 4.35. The number of hydrogen-bond acceptors (Lipinski definition) is 2. The highest BCUT2D eigenvalue weighted by atomic mass is 79.9. The van der Waals surface area contributed by atoms with Gasteiger partial charge in [0.05, 0.1) is 10.4 Å². The highest BCUT2D eigenvalue weighted by Gasteiger charge is 2.13. The highest BCUT2D eigenvalue weighted by Crippen LogP contribution is 2.29. The SMILES string of the molecule is Fc1cc(Oc2nc3ccccn3c2CCl)ccc1Br. The van der Waals surface area contributed by atoms with Gasteiger partial charge in [0.25, 0.3) is 0 Å². The van der Waals surface area contributed by atoms with Crippen LogP contribution in [-0.2, 0) is 5.88 Å². The summed E-state index contributed by atoms with van der Waals surface area (Å²) < 4.78 is 21.4. The number of hydrogen-bond donors (Lipinski definition) is 0. The second-order valence-electron chi connectivity index (χ2n) is 4.10. The zero-order valence-electron chi connectivity index (χ0n) is 10.2. The Balaban J connectivity index is 2.03. The van der Waals surface area contributed by atoms with Gasteiger partial charge in [0, 0.05) is 12.3 Å². The number of nitrogens with zero attached hydrogens (tertiary/aromatic N) is 2. The second kappa shape index (κ2) is 5.42. The average Bonchev–Trinajstić information content (AvgIpc) is 2.80. The Kier molecular flexibility index (Phi) is 3.63. The number of fused-ring (bicyclic) bond motifs is 1. The summed E-state index contributed by atoms with van der Waals surface area (Å²) in [6.07, 6.45) is 1.86. The van der Waals surface area contributed by atoms with Crippen LogP contribution in [0.1, 0.15) is 5.69 Å². The molecule has 102 valence electrons. The molecular formula is C14H9BrClFN2O.